The van der Waals surface area contributed by atoms with Crippen molar-refractivity contribution in [2.24, 2.45) is 0 Å². The van der Waals surface area contributed by atoms with Gasteiger partial charge in [-0.05, 0) is 36.8 Å². The summed E-state index contributed by atoms with van der Waals surface area (Å²) in [7, 11) is 0. The third-order valence-electron chi connectivity index (χ3n) is 3.60. The Morgan fingerprint density at radius 2 is 1.89 bits per heavy atom. The number of nitrogens with one attached hydrogen (secondary N) is 2. The second-order valence-electron chi connectivity index (χ2n) is 5.67. The largest absolute Gasteiger partial charge is 0.487 e. The highest BCUT2D eigenvalue weighted by Crippen LogP contribution is 2.33. The first kappa shape index (κ1) is 21.8. The molecule has 0 bridgehead atoms. The summed E-state index contributed by atoms with van der Waals surface area (Å²) in [5.41, 5.74) is -0.109. The van der Waals surface area contributed by atoms with Crippen molar-refractivity contribution in [2.45, 2.75) is 19.6 Å². The highest BCUT2D eigenvalue weighted by Gasteiger charge is 2.30. The monoisotopic (exact) mass is 416 g/mol. The molecule has 0 heterocycles. The number of alkyl halides is 3. The maximum absolute atomic E-state index is 12.8. The molecule has 0 radical (unpaired) electrons. The summed E-state index contributed by atoms with van der Waals surface area (Å²) >= 11 is 6.11. The molecule has 0 aliphatic carbocycles. The number of anilines is 1. The minimum Gasteiger partial charge on any atom is -0.487 e. The van der Waals surface area contributed by atoms with Crippen LogP contribution in [0.25, 0.3) is 0 Å². The molecule has 0 spiro atoms. The number of ether oxygens (including phenoxy) is 2. The summed E-state index contributed by atoms with van der Waals surface area (Å²) in [6, 6.07) is 9.00. The first-order valence-electron chi connectivity index (χ1n) is 8.51. The maximum atomic E-state index is 12.8. The van der Waals surface area contributed by atoms with Gasteiger partial charge in [0.2, 0.25) is 0 Å². The van der Waals surface area contributed by atoms with E-state index in [4.69, 9.17) is 21.1 Å². The third kappa shape index (κ3) is 6.61. The summed E-state index contributed by atoms with van der Waals surface area (Å²) in [4.78, 5) is 12.1. The molecule has 152 valence electrons. The van der Waals surface area contributed by atoms with Gasteiger partial charge in [-0.25, -0.2) is 4.79 Å². The van der Waals surface area contributed by atoms with Gasteiger partial charge in [0.15, 0.2) is 5.75 Å². The molecule has 2 rings (SSSR count). The Balaban J connectivity index is 1.97. The lowest BCUT2D eigenvalue weighted by Crippen LogP contribution is -2.28. The molecule has 2 N–H and O–H groups in total. The number of urea groups is 1. The number of carbonyl (C=O) groups is 1. The maximum Gasteiger partial charge on any atom is 0.416 e. The molecule has 0 unspecified atom stereocenters. The van der Waals surface area contributed by atoms with Gasteiger partial charge in [-0.2, -0.15) is 13.2 Å². The quantitative estimate of drug-likeness (QED) is 0.589. The number of benzene rings is 2. The second kappa shape index (κ2) is 10.2. The van der Waals surface area contributed by atoms with Gasteiger partial charge in [0, 0.05) is 13.2 Å². The first-order valence-corrected chi connectivity index (χ1v) is 8.89. The van der Waals surface area contributed by atoms with Crippen molar-refractivity contribution in [2.75, 3.05) is 25.1 Å². The molecule has 2 aromatic rings. The summed E-state index contributed by atoms with van der Waals surface area (Å²) in [5.74, 6) is 0.290. The molecule has 0 saturated heterocycles. The average Bonchev–Trinajstić information content (AvgIpc) is 2.65. The Labute approximate surface area is 165 Å². The van der Waals surface area contributed by atoms with E-state index in [1.165, 1.54) is 12.1 Å². The highest BCUT2D eigenvalue weighted by molar-refractivity contribution is 6.32. The van der Waals surface area contributed by atoms with Crippen molar-refractivity contribution >= 4 is 23.3 Å². The van der Waals surface area contributed by atoms with Gasteiger partial charge in [-0.3, -0.25) is 0 Å². The molecule has 0 aliphatic rings. The smallest absolute Gasteiger partial charge is 0.416 e. The molecule has 0 aromatic heterocycles. The van der Waals surface area contributed by atoms with Crippen LogP contribution in [0, 0.1) is 0 Å². The fourth-order valence-electron chi connectivity index (χ4n) is 2.31. The van der Waals surface area contributed by atoms with Gasteiger partial charge in [0.05, 0.1) is 22.9 Å². The molecule has 9 heteroatoms. The molecule has 0 fully saturated rings. The van der Waals surface area contributed by atoms with Gasteiger partial charge in [0.25, 0.3) is 0 Å². The topological polar surface area (TPSA) is 59.6 Å². The van der Waals surface area contributed by atoms with E-state index < -0.39 is 17.8 Å². The van der Waals surface area contributed by atoms with Crippen LogP contribution >= 0.6 is 11.6 Å². The zero-order valence-corrected chi connectivity index (χ0v) is 15.9. The average molecular weight is 417 g/mol. The van der Waals surface area contributed by atoms with Crippen LogP contribution in [0.1, 0.15) is 18.1 Å². The number of hydrogen-bond acceptors (Lipinski definition) is 3. The van der Waals surface area contributed by atoms with Crippen molar-refractivity contribution in [3.8, 4) is 5.75 Å². The molecule has 28 heavy (non-hydrogen) atoms. The predicted octanol–water partition coefficient (Wildman–Crippen LogP) is 5.10. The summed E-state index contributed by atoms with van der Waals surface area (Å²) in [6.07, 6.45) is -4.44. The summed E-state index contributed by atoms with van der Waals surface area (Å²) in [5, 5.41) is 5.41. The number of para-hydroxylation sites is 1. The molecule has 2 amide bonds. The number of hydrogen-bond donors (Lipinski definition) is 2. The van der Waals surface area contributed by atoms with Crippen LogP contribution in [0.4, 0.5) is 23.7 Å². The molecular formula is C19H20ClF3N2O3. The number of carbonyl (C=O) groups excluding carboxylic acids is 1. The van der Waals surface area contributed by atoms with Crippen LogP contribution < -0.4 is 15.4 Å². The van der Waals surface area contributed by atoms with E-state index in [0.717, 1.165) is 12.1 Å². The summed E-state index contributed by atoms with van der Waals surface area (Å²) in [6.45, 7) is 2.95. The van der Waals surface area contributed by atoms with Crippen LogP contribution in [0.2, 0.25) is 5.02 Å². The number of halogens is 4. The molecule has 0 saturated carbocycles. The van der Waals surface area contributed by atoms with Crippen molar-refractivity contribution in [1.29, 1.82) is 0 Å². The highest BCUT2D eigenvalue weighted by atomic mass is 35.5. The molecule has 0 aliphatic heterocycles. The van der Waals surface area contributed by atoms with Crippen molar-refractivity contribution in [3.63, 3.8) is 0 Å². The third-order valence-corrected chi connectivity index (χ3v) is 3.90. The second-order valence-corrected chi connectivity index (χ2v) is 6.07. The lowest BCUT2D eigenvalue weighted by atomic mass is 10.1. The molecular weight excluding hydrogens is 397 g/mol. The van der Waals surface area contributed by atoms with Crippen molar-refractivity contribution in [3.05, 3.63) is 58.6 Å². The fraction of sp³-hybridized carbons (Fsp3) is 0.316. The van der Waals surface area contributed by atoms with Gasteiger partial charge >= 0.3 is 12.2 Å². The van der Waals surface area contributed by atoms with Crippen molar-refractivity contribution < 1.29 is 27.4 Å². The number of amides is 2. The fourth-order valence-corrected chi connectivity index (χ4v) is 2.54. The Morgan fingerprint density at radius 1 is 1.14 bits per heavy atom. The van der Waals surface area contributed by atoms with E-state index in [9.17, 15) is 18.0 Å². The Kier molecular flexibility index (Phi) is 7.95. The molecule has 2 aromatic carbocycles. The Morgan fingerprint density at radius 3 is 2.61 bits per heavy atom. The van der Waals surface area contributed by atoms with E-state index in [1.54, 1.807) is 18.2 Å². The zero-order chi connectivity index (χ0) is 20.6. The predicted molar refractivity (Wildman–Crippen MR) is 101 cm³/mol. The van der Waals surface area contributed by atoms with E-state index >= 15 is 0 Å². The molecule has 0 atom stereocenters. The van der Waals surface area contributed by atoms with Gasteiger partial charge < -0.3 is 20.1 Å². The normalized spacial score (nSPS) is 11.2. The van der Waals surface area contributed by atoms with Crippen LogP contribution in [-0.2, 0) is 17.5 Å². The van der Waals surface area contributed by atoms with Gasteiger partial charge in [-0.1, -0.05) is 29.8 Å². The van der Waals surface area contributed by atoms with Gasteiger partial charge in [0.1, 0.15) is 6.61 Å². The van der Waals surface area contributed by atoms with Crippen LogP contribution in [-0.4, -0.2) is 25.9 Å². The lowest BCUT2D eigenvalue weighted by Gasteiger charge is -2.15. The van der Waals surface area contributed by atoms with E-state index in [1.807, 2.05) is 6.92 Å². The summed E-state index contributed by atoms with van der Waals surface area (Å²) < 4.78 is 49.0. The lowest BCUT2D eigenvalue weighted by molar-refractivity contribution is -0.137. The first-order chi connectivity index (χ1) is 13.3. The van der Waals surface area contributed by atoms with E-state index in [0.29, 0.717) is 29.5 Å². The minimum atomic E-state index is -4.44. The zero-order valence-electron chi connectivity index (χ0n) is 15.1. The van der Waals surface area contributed by atoms with Crippen LogP contribution in [0.5, 0.6) is 5.75 Å². The SMILES string of the molecule is CCOCCOc1c(Cl)cccc1NC(=O)NCc1cccc(C(F)(F)F)c1. The van der Waals surface area contributed by atoms with E-state index in [-0.39, 0.29) is 18.9 Å². The Bertz CT molecular complexity index is 800. The standard InChI is InChI=1S/C19H20ClF3N2O3/c1-2-27-9-10-28-17-15(20)7-4-8-16(17)25-18(26)24-12-13-5-3-6-14(11-13)19(21,22)23/h3-8,11H,2,9-10,12H2,1H3,(H2,24,25,26). The molecule has 5 nitrogen and oxygen atoms in total. The minimum absolute atomic E-state index is 0.0726. The number of rotatable bonds is 8. The van der Waals surface area contributed by atoms with Crippen molar-refractivity contribution in [1.82, 2.24) is 5.32 Å². The van der Waals surface area contributed by atoms with Crippen LogP contribution in [0.3, 0.4) is 0 Å². The van der Waals surface area contributed by atoms with Crippen LogP contribution in [0.15, 0.2) is 42.5 Å². The Hall–Kier alpha value is -2.45. The van der Waals surface area contributed by atoms with Gasteiger partial charge in [-0.15, -0.1) is 0 Å². The van der Waals surface area contributed by atoms with E-state index in [2.05, 4.69) is 10.6 Å².